The van der Waals surface area contributed by atoms with Crippen molar-refractivity contribution in [2.75, 3.05) is 0 Å². The van der Waals surface area contributed by atoms with E-state index in [2.05, 4.69) is 228 Å². The van der Waals surface area contributed by atoms with E-state index in [9.17, 15) is 0 Å². The second-order valence-corrected chi connectivity index (χ2v) is 17.9. The Hall–Kier alpha value is -8.93. The topological polar surface area (TPSA) is 48.5 Å². The predicted octanol–water partition coefficient (Wildman–Crippen LogP) is 14.9. The van der Waals surface area contributed by atoms with Gasteiger partial charge in [-0.1, -0.05) is 182 Å². The molecule has 0 atom stereocenters. The van der Waals surface area contributed by atoms with Crippen LogP contribution in [0.15, 0.2) is 224 Å². The Morgan fingerprint density at radius 3 is 1.67 bits per heavy atom. The summed E-state index contributed by atoms with van der Waals surface area (Å²) in [7, 11) is 0. The largest absolute Gasteiger partial charge is 0.309 e. The van der Waals surface area contributed by atoms with E-state index in [1.165, 1.54) is 65.7 Å². The van der Waals surface area contributed by atoms with Crippen LogP contribution in [0.3, 0.4) is 0 Å². The minimum Gasteiger partial charge on any atom is -0.309 e. The van der Waals surface area contributed by atoms with Crippen LogP contribution in [0, 0.1) is 0 Å². The summed E-state index contributed by atoms with van der Waals surface area (Å²) in [5, 5.41) is 7.23. The van der Waals surface area contributed by atoms with Gasteiger partial charge in [0.15, 0.2) is 11.6 Å². The standard InChI is InChI=1S/C62H37N5/c1-3-17-39(18-4-1)59-63-60(65-61(64-59)67-54-32-16-28-48-43-23-8-7-22-42(43)47-27-15-19-38-33-35-55(67)58(56(38)47)57(48)54)62(50-29-12-9-24-44(50)45-25-10-13-30-51(45)62)40-34-36-53-49(37-40)46-26-11-14-31-52(46)66(53)41-20-5-2-6-21-41/h1-37H. The van der Waals surface area contributed by atoms with Crippen molar-refractivity contribution in [2.45, 2.75) is 5.41 Å². The number of nitrogens with zero attached hydrogens (tertiary/aromatic N) is 5. The van der Waals surface area contributed by atoms with Crippen LogP contribution in [0.5, 0.6) is 0 Å². The Bertz CT molecular complexity index is 4170. The zero-order valence-corrected chi connectivity index (χ0v) is 36.1. The first-order valence-electron chi connectivity index (χ1n) is 23.0. The Balaban J connectivity index is 1.09. The van der Waals surface area contributed by atoms with Gasteiger partial charge in [-0.05, 0) is 103 Å². The van der Waals surface area contributed by atoms with Crippen molar-refractivity contribution >= 4 is 54.4 Å². The lowest BCUT2D eigenvalue weighted by molar-refractivity contribution is 0.684. The van der Waals surface area contributed by atoms with Gasteiger partial charge in [-0.2, -0.15) is 9.97 Å². The van der Waals surface area contributed by atoms with Gasteiger partial charge in [0.2, 0.25) is 5.95 Å². The number of rotatable bonds is 5. The fraction of sp³-hybridized carbons (Fsp3) is 0.0161. The first kappa shape index (κ1) is 36.4. The molecule has 0 fully saturated rings. The Morgan fingerprint density at radius 2 is 0.910 bits per heavy atom. The maximum absolute atomic E-state index is 5.86. The molecule has 10 aromatic carbocycles. The van der Waals surface area contributed by atoms with E-state index in [4.69, 9.17) is 15.0 Å². The lowest BCUT2D eigenvalue weighted by Gasteiger charge is -2.32. The fourth-order valence-electron chi connectivity index (χ4n) is 11.9. The number of para-hydroxylation sites is 2. The number of hydrogen-bond donors (Lipinski definition) is 0. The van der Waals surface area contributed by atoms with Crippen LogP contribution in [-0.2, 0) is 5.41 Å². The summed E-state index contributed by atoms with van der Waals surface area (Å²) in [5.74, 6) is 1.87. The van der Waals surface area contributed by atoms with Gasteiger partial charge in [-0.15, -0.1) is 0 Å². The molecule has 2 aliphatic carbocycles. The molecular weight excluding hydrogens is 815 g/mol. The molecule has 5 nitrogen and oxygen atoms in total. The van der Waals surface area contributed by atoms with E-state index >= 15 is 0 Å². The van der Waals surface area contributed by atoms with Gasteiger partial charge >= 0.3 is 0 Å². The van der Waals surface area contributed by atoms with Crippen molar-refractivity contribution < 1.29 is 0 Å². The highest BCUT2D eigenvalue weighted by Crippen LogP contribution is 2.56. The number of fused-ring (bicyclic) bond motifs is 9. The Kier molecular flexibility index (Phi) is 7.36. The van der Waals surface area contributed by atoms with Crippen molar-refractivity contribution in [1.29, 1.82) is 0 Å². The van der Waals surface area contributed by atoms with Crippen LogP contribution < -0.4 is 0 Å². The van der Waals surface area contributed by atoms with Gasteiger partial charge in [-0.3, -0.25) is 4.57 Å². The molecule has 13 aromatic rings. The van der Waals surface area contributed by atoms with Crippen LogP contribution >= 0.6 is 0 Å². The van der Waals surface area contributed by atoms with Crippen molar-refractivity contribution in [3.63, 3.8) is 0 Å². The van der Waals surface area contributed by atoms with E-state index in [0.717, 1.165) is 50.0 Å². The zero-order chi connectivity index (χ0) is 43.8. The molecule has 3 aromatic heterocycles. The second kappa shape index (κ2) is 13.6. The van der Waals surface area contributed by atoms with E-state index < -0.39 is 5.41 Å². The molecule has 0 amide bonds. The Labute approximate surface area is 385 Å². The molecule has 0 radical (unpaired) electrons. The number of aromatic nitrogens is 5. The van der Waals surface area contributed by atoms with Gasteiger partial charge in [0.25, 0.3) is 0 Å². The summed E-state index contributed by atoms with van der Waals surface area (Å²) in [6.45, 7) is 0. The summed E-state index contributed by atoms with van der Waals surface area (Å²) in [4.78, 5) is 17.0. The molecule has 0 bridgehead atoms. The molecule has 0 unspecified atom stereocenters. The minimum absolute atomic E-state index is 0.578. The lowest BCUT2D eigenvalue weighted by atomic mass is 9.71. The van der Waals surface area contributed by atoms with Gasteiger partial charge in [0.1, 0.15) is 5.41 Å². The van der Waals surface area contributed by atoms with Crippen LogP contribution in [0.1, 0.15) is 22.5 Å². The van der Waals surface area contributed by atoms with Gasteiger partial charge < -0.3 is 4.57 Å². The quantitative estimate of drug-likeness (QED) is 0.173. The van der Waals surface area contributed by atoms with E-state index in [0.29, 0.717) is 17.6 Å². The summed E-state index contributed by atoms with van der Waals surface area (Å²) in [5.41, 5.74) is 16.2. The molecular formula is C62H37N5. The average molecular weight is 852 g/mol. The van der Waals surface area contributed by atoms with Crippen molar-refractivity contribution in [3.05, 3.63) is 247 Å². The molecule has 67 heavy (non-hydrogen) atoms. The molecule has 5 heteroatoms. The van der Waals surface area contributed by atoms with E-state index in [-0.39, 0.29) is 0 Å². The van der Waals surface area contributed by atoms with E-state index in [1.807, 2.05) is 6.07 Å². The van der Waals surface area contributed by atoms with Crippen molar-refractivity contribution in [3.8, 4) is 56.4 Å². The molecule has 0 spiro atoms. The van der Waals surface area contributed by atoms with Gasteiger partial charge in [0.05, 0.1) is 22.1 Å². The minimum atomic E-state index is -0.924. The molecule has 3 heterocycles. The maximum Gasteiger partial charge on any atom is 0.238 e. The predicted molar refractivity (Wildman–Crippen MR) is 273 cm³/mol. The van der Waals surface area contributed by atoms with Gasteiger partial charge in [-0.25, -0.2) is 4.98 Å². The lowest BCUT2D eigenvalue weighted by Crippen LogP contribution is -2.32. The third-order valence-corrected chi connectivity index (χ3v) is 14.6. The van der Waals surface area contributed by atoms with Crippen molar-refractivity contribution in [1.82, 2.24) is 24.1 Å². The smallest absolute Gasteiger partial charge is 0.238 e. The highest BCUT2D eigenvalue weighted by Gasteiger charge is 2.49. The van der Waals surface area contributed by atoms with Crippen molar-refractivity contribution in [2.24, 2.45) is 0 Å². The average Bonchev–Trinajstić information content (AvgIpc) is 4.00. The summed E-state index contributed by atoms with van der Waals surface area (Å²) in [6, 6.07) is 81.2. The van der Waals surface area contributed by atoms with E-state index in [1.54, 1.807) is 0 Å². The second-order valence-electron chi connectivity index (χ2n) is 17.9. The normalized spacial score (nSPS) is 13.2. The third-order valence-electron chi connectivity index (χ3n) is 14.6. The third kappa shape index (κ3) is 4.84. The van der Waals surface area contributed by atoms with Crippen LogP contribution in [0.2, 0.25) is 0 Å². The highest BCUT2D eigenvalue weighted by molar-refractivity contribution is 6.30. The Morgan fingerprint density at radius 1 is 0.343 bits per heavy atom. The monoisotopic (exact) mass is 851 g/mol. The van der Waals surface area contributed by atoms with Crippen LogP contribution in [-0.4, -0.2) is 24.1 Å². The molecule has 0 saturated carbocycles. The molecule has 2 aliphatic rings. The first-order valence-corrected chi connectivity index (χ1v) is 23.0. The molecule has 0 saturated heterocycles. The fourth-order valence-corrected chi connectivity index (χ4v) is 11.9. The summed E-state index contributed by atoms with van der Waals surface area (Å²) >= 11 is 0. The van der Waals surface area contributed by atoms with Crippen LogP contribution in [0.25, 0.3) is 111 Å². The van der Waals surface area contributed by atoms with Crippen LogP contribution in [0.4, 0.5) is 0 Å². The summed E-state index contributed by atoms with van der Waals surface area (Å²) < 4.78 is 4.68. The summed E-state index contributed by atoms with van der Waals surface area (Å²) in [6.07, 6.45) is 0. The highest BCUT2D eigenvalue weighted by atomic mass is 15.2. The maximum atomic E-state index is 5.86. The molecule has 0 aliphatic heterocycles. The first-order chi connectivity index (χ1) is 33.3. The molecule has 15 rings (SSSR count). The molecule has 310 valence electrons. The molecule has 0 N–H and O–H groups in total. The zero-order valence-electron chi connectivity index (χ0n) is 36.1. The number of hydrogen-bond acceptors (Lipinski definition) is 3. The number of benzene rings is 10. The SMILES string of the molecule is c1ccc(-c2nc(-n3c4cccc5c4c4c6c(cccc6ccc43)-c3ccccc3-5)nc(C3(c4ccc5c(c4)c4ccccc4n5-c4ccccc4)c4ccccc4-c4ccccc43)n2)cc1. The van der Waals surface area contributed by atoms with Gasteiger partial charge in [0, 0.05) is 32.8 Å².